The van der Waals surface area contributed by atoms with Gasteiger partial charge in [-0.1, -0.05) is 23.2 Å². The van der Waals surface area contributed by atoms with Gasteiger partial charge in [0.25, 0.3) is 0 Å². The summed E-state index contributed by atoms with van der Waals surface area (Å²) >= 11 is 13.7. The molecule has 0 aliphatic rings. The first-order valence-electron chi connectivity index (χ1n) is 5.07. The van der Waals surface area contributed by atoms with Gasteiger partial charge in [-0.25, -0.2) is 5.43 Å². The second kappa shape index (κ2) is 5.38. The van der Waals surface area contributed by atoms with Gasteiger partial charge in [-0.05, 0) is 47.7 Å². The molecular formula is C12H12Cl2N2S. The van der Waals surface area contributed by atoms with Gasteiger partial charge in [0.15, 0.2) is 0 Å². The number of hydrazine groups is 1. The van der Waals surface area contributed by atoms with Gasteiger partial charge in [-0.2, -0.15) is 0 Å². The highest BCUT2D eigenvalue weighted by molar-refractivity contribution is 7.10. The minimum atomic E-state index is -0.0869. The predicted octanol–water partition coefficient (Wildman–Crippen LogP) is 3.92. The number of thiophene rings is 1. The van der Waals surface area contributed by atoms with Crippen molar-refractivity contribution in [2.24, 2.45) is 5.84 Å². The third-order valence-electron chi connectivity index (χ3n) is 2.47. The predicted molar refractivity (Wildman–Crippen MR) is 74.7 cm³/mol. The maximum Gasteiger partial charge on any atom is 0.0719 e. The van der Waals surface area contributed by atoms with E-state index in [-0.39, 0.29) is 6.04 Å². The van der Waals surface area contributed by atoms with E-state index >= 15 is 0 Å². The van der Waals surface area contributed by atoms with Gasteiger partial charge in [0.05, 0.1) is 6.04 Å². The molecule has 5 heteroatoms. The molecule has 2 rings (SSSR count). The molecule has 1 atom stereocenters. The van der Waals surface area contributed by atoms with Crippen molar-refractivity contribution in [3.63, 3.8) is 0 Å². The normalized spacial score (nSPS) is 12.7. The maximum absolute atomic E-state index is 5.99. The Bertz CT molecular complexity index is 505. The van der Waals surface area contributed by atoms with E-state index < -0.39 is 0 Å². The van der Waals surface area contributed by atoms with Crippen LogP contribution in [0.1, 0.15) is 22.0 Å². The summed E-state index contributed by atoms with van der Waals surface area (Å²) in [7, 11) is 0. The van der Waals surface area contributed by atoms with Crippen molar-refractivity contribution < 1.29 is 0 Å². The van der Waals surface area contributed by atoms with Crippen LogP contribution in [0, 0.1) is 6.92 Å². The summed E-state index contributed by atoms with van der Waals surface area (Å²) < 4.78 is 0. The van der Waals surface area contributed by atoms with E-state index in [1.807, 2.05) is 12.1 Å². The van der Waals surface area contributed by atoms with Crippen molar-refractivity contribution in [3.05, 3.63) is 55.7 Å². The number of aryl methyl sites for hydroxylation is 1. The number of benzene rings is 1. The van der Waals surface area contributed by atoms with Crippen molar-refractivity contribution in [2.75, 3.05) is 0 Å². The molecule has 0 radical (unpaired) electrons. The second-order valence-corrected chi connectivity index (χ2v) is 5.78. The average molecular weight is 287 g/mol. The Morgan fingerprint density at radius 3 is 2.24 bits per heavy atom. The van der Waals surface area contributed by atoms with Crippen LogP contribution in [0.3, 0.4) is 0 Å². The first-order chi connectivity index (χ1) is 8.10. The summed E-state index contributed by atoms with van der Waals surface area (Å²) in [6.07, 6.45) is 0. The first-order valence-corrected chi connectivity index (χ1v) is 6.71. The molecule has 0 saturated heterocycles. The fourth-order valence-corrected chi connectivity index (χ4v) is 3.01. The Balaban J connectivity index is 2.41. The third-order valence-corrected chi connectivity index (χ3v) is 3.79. The molecule has 0 bridgehead atoms. The third kappa shape index (κ3) is 3.00. The molecule has 1 aromatic heterocycles. The molecular weight excluding hydrogens is 275 g/mol. The standard InChI is InChI=1S/C12H12Cl2N2S/c1-7-2-9(6-17-7)12(16-15)8-3-10(13)5-11(14)4-8/h2-6,12,16H,15H2,1H3. The lowest BCUT2D eigenvalue weighted by Gasteiger charge is -2.15. The van der Waals surface area contributed by atoms with Crippen LogP contribution < -0.4 is 11.3 Å². The van der Waals surface area contributed by atoms with Crippen LogP contribution >= 0.6 is 34.5 Å². The highest BCUT2D eigenvalue weighted by atomic mass is 35.5. The van der Waals surface area contributed by atoms with Crippen molar-refractivity contribution in [3.8, 4) is 0 Å². The van der Waals surface area contributed by atoms with Gasteiger partial charge in [0.1, 0.15) is 0 Å². The largest absolute Gasteiger partial charge is 0.271 e. The molecule has 0 fully saturated rings. The number of nitrogens with one attached hydrogen (secondary N) is 1. The molecule has 17 heavy (non-hydrogen) atoms. The number of hydrogen-bond donors (Lipinski definition) is 2. The van der Waals surface area contributed by atoms with Gasteiger partial charge in [-0.15, -0.1) is 11.3 Å². The van der Waals surface area contributed by atoms with Crippen LogP contribution in [0.4, 0.5) is 0 Å². The summed E-state index contributed by atoms with van der Waals surface area (Å²) in [5.41, 5.74) is 4.87. The highest BCUT2D eigenvalue weighted by Crippen LogP contribution is 2.29. The molecule has 2 aromatic rings. The lowest BCUT2D eigenvalue weighted by atomic mass is 10.0. The smallest absolute Gasteiger partial charge is 0.0719 e. The molecule has 0 aliphatic heterocycles. The van der Waals surface area contributed by atoms with Gasteiger partial charge in [-0.3, -0.25) is 5.84 Å². The lowest BCUT2D eigenvalue weighted by Crippen LogP contribution is -2.28. The van der Waals surface area contributed by atoms with Crippen LogP contribution in [0.25, 0.3) is 0 Å². The minimum Gasteiger partial charge on any atom is -0.271 e. The molecule has 1 unspecified atom stereocenters. The Labute approximate surface area is 114 Å². The molecule has 2 nitrogen and oxygen atoms in total. The number of halogens is 2. The SMILES string of the molecule is Cc1cc(C(NN)c2cc(Cl)cc(Cl)c2)cs1. The van der Waals surface area contributed by atoms with E-state index in [4.69, 9.17) is 29.0 Å². The molecule has 3 N–H and O–H groups in total. The number of nitrogens with two attached hydrogens (primary N) is 1. The van der Waals surface area contributed by atoms with Crippen LogP contribution in [0.5, 0.6) is 0 Å². The van der Waals surface area contributed by atoms with Gasteiger partial charge >= 0.3 is 0 Å². The molecule has 1 heterocycles. The van der Waals surface area contributed by atoms with Crippen molar-refractivity contribution >= 4 is 34.5 Å². The molecule has 1 aromatic carbocycles. The Hall–Kier alpha value is -0.580. The van der Waals surface area contributed by atoms with Gasteiger partial charge < -0.3 is 0 Å². The minimum absolute atomic E-state index is 0.0869. The fraction of sp³-hybridized carbons (Fsp3) is 0.167. The van der Waals surface area contributed by atoms with E-state index in [1.54, 1.807) is 17.4 Å². The van der Waals surface area contributed by atoms with E-state index in [0.29, 0.717) is 10.0 Å². The summed E-state index contributed by atoms with van der Waals surface area (Å²) in [5.74, 6) is 5.61. The summed E-state index contributed by atoms with van der Waals surface area (Å²) in [5, 5.41) is 3.30. The van der Waals surface area contributed by atoms with Crippen LogP contribution in [0.15, 0.2) is 29.6 Å². The summed E-state index contributed by atoms with van der Waals surface area (Å²) in [6.45, 7) is 2.06. The monoisotopic (exact) mass is 286 g/mol. The number of rotatable bonds is 3. The number of hydrogen-bond acceptors (Lipinski definition) is 3. The van der Waals surface area contributed by atoms with Crippen LogP contribution in [0.2, 0.25) is 10.0 Å². The van der Waals surface area contributed by atoms with E-state index in [2.05, 4.69) is 23.8 Å². The van der Waals surface area contributed by atoms with Crippen LogP contribution in [-0.2, 0) is 0 Å². The van der Waals surface area contributed by atoms with E-state index in [9.17, 15) is 0 Å². The Kier molecular flexibility index (Phi) is 4.07. The van der Waals surface area contributed by atoms with Crippen LogP contribution in [-0.4, -0.2) is 0 Å². The Morgan fingerprint density at radius 2 is 1.76 bits per heavy atom. The lowest BCUT2D eigenvalue weighted by molar-refractivity contribution is 0.638. The molecule has 0 spiro atoms. The van der Waals surface area contributed by atoms with Gasteiger partial charge in [0, 0.05) is 14.9 Å². The first kappa shape index (κ1) is 12.9. The van der Waals surface area contributed by atoms with Gasteiger partial charge in [0.2, 0.25) is 0 Å². The zero-order valence-corrected chi connectivity index (χ0v) is 11.5. The Morgan fingerprint density at radius 1 is 1.12 bits per heavy atom. The second-order valence-electron chi connectivity index (χ2n) is 3.79. The maximum atomic E-state index is 5.99. The van der Waals surface area contributed by atoms with Crippen molar-refractivity contribution in [1.82, 2.24) is 5.43 Å². The molecule has 0 aliphatic carbocycles. The summed E-state index contributed by atoms with van der Waals surface area (Å²) in [6, 6.07) is 7.45. The molecule has 90 valence electrons. The van der Waals surface area contributed by atoms with E-state index in [0.717, 1.165) is 11.1 Å². The molecule has 0 amide bonds. The molecule has 0 saturated carbocycles. The van der Waals surface area contributed by atoms with Crippen molar-refractivity contribution in [2.45, 2.75) is 13.0 Å². The highest BCUT2D eigenvalue weighted by Gasteiger charge is 2.14. The summed E-state index contributed by atoms with van der Waals surface area (Å²) in [4.78, 5) is 1.24. The van der Waals surface area contributed by atoms with Crippen molar-refractivity contribution in [1.29, 1.82) is 0 Å². The zero-order valence-electron chi connectivity index (χ0n) is 9.21. The zero-order chi connectivity index (χ0) is 12.4. The topological polar surface area (TPSA) is 38.0 Å². The quantitative estimate of drug-likeness (QED) is 0.663. The average Bonchev–Trinajstić information content (AvgIpc) is 2.64. The van der Waals surface area contributed by atoms with E-state index in [1.165, 1.54) is 4.88 Å². The fourth-order valence-electron chi connectivity index (χ4n) is 1.74.